The number of amides is 1. The number of H-pyrrole nitrogens is 1. The van der Waals surface area contributed by atoms with Crippen molar-refractivity contribution in [2.24, 2.45) is 0 Å². The fourth-order valence-corrected chi connectivity index (χ4v) is 2.32. The van der Waals surface area contributed by atoms with Gasteiger partial charge in [0, 0.05) is 49.0 Å². The monoisotopic (exact) mass is 384 g/mol. The van der Waals surface area contributed by atoms with Crippen LogP contribution in [-0.2, 0) is 0 Å². The van der Waals surface area contributed by atoms with Crippen LogP contribution in [-0.4, -0.2) is 55.1 Å². The van der Waals surface area contributed by atoms with Crippen molar-refractivity contribution >= 4 is 40.9 Å². The second-order valence-electron chi connectivity index (χ2n) is 4.08. The van der Waals surface area contributed by atoms with Gasteiger partial charge in [0.15, 0.2) is 0 Å². The topological polar surface area (TPSA) is 60.2 Å². The molecule has 1 aromatic heterocycles. The molecule has 1 aromatic rings. The van der Waals surface area contributed by atoms with Gasteiger partial charge < -0.3 is 15.6 Å². The average Bonchev–Trinajstić information content (AvgIpc) is 2.77. The lowest BCUT2D eigenvalue weighted by Gasteiger charge is -2.26. The van der Waals surface area contributed by atoms with Crippen LogP contribution in [0.15, 0.2) is 12.3 Å². The van der Waals surface area contributed by atoms with Gasteiger partial charge in [0.25, 0.3) is 5.91 Å². The van der Waals surface area contributed by atoms with E-state index in [-0.39, 0.29) is 18.3 Å². The number of carbonyl (C=O) groups is 1. The van der Waals surface area contributed by atoms with Crippen molar-refractivity contribution in [1.82, 2.24) is 20.5 Å². The van der Waals surface area contributed by atoms with Crippen LogP contribution < -0.4 is 10.6 Å². The molecule has 1 amide bonds. The summed E-state index contributed by atoms with van der Waals surface area (Å²) >= 11 is 2.18. The lowest BCUT2D eigenvalue weighted by molar-refractivity contribution is 0.0943. The summed E-state index contributed by atoms with van der Waals surface area (Å²) in [4.78, 5) is 17.0. The number of hydrogen-bond donors (Lipinski definition) is 3. The van der Waals surface area contributed by atoms with E-state index in [0.717, 1.165) is 36.3 Å². The highest BCUT2D eigenvalue weighted by Crippen LogP contribution is 2.05. The molecule has 0 bridgehead atoms. The molecule has 1 aliphatic heterocycles. The van der Waals surface area contributed by atoms with Crippen molar-refractivity contribution in [2.45, 2.75) is 0 Å². The molecule has 102 valence electrons. The first-order chi connectivity index (χ1) is 8.25. The van der Waals surface area contributed by atoms with Gasteiger partial charge in [-0.05, 0) is 28.7 Å². The second-order valence-corrected chi connectivity index (χ2v) is 5.32. The van der Waals surface area contributed by atoms with Crippen LogP contribution in [0.1, 0.15) is 10.5 Å². The predicted octanol–water partition coefficient (Wildman–Crippen LogP) is 0.676. The van der Waals surface area contributed by atoms with Crippen LogP contribution in [0.3, 0.4) is 0 Å². The molecule has 0 unspecified atom stereocenters. The summed E-state index contributed by atoms with van der Waals surface area (Å²) in [5, 5.41) is 6.23. The second kappa shape index (κ2) is 7.98. The lowest BCUT2D eigenvalue weighted by atomic mass is 10.3. The van der Waals surface area contributed by atoms with E-state index < -0.39 is 0 Å². The summed E-state index contributed by atoms with van der Waals surface area (Å²) in [7, 11) is 0. The molecular weight excluding hydrogens is 367 g/mol. The van der Waals surface area contributed by atoms with Crippen molar-refractivity contribution in [3.8, 4) is 0 Å². The number of piperazine rings is 1. The molecule has 7 heteroatoms. The minimum absolute atomic E-state index is 0. The summed E-state index contributed by atoms with van der Waals surface area (Å²) in [5.74, 6) is -0.0250. The van der Waals surface area contributed by atoms with Crippen LogP contribution >= 0.6 is 35.0 Å². The number of hydrogen-bond acceptors (Lipinski definition) is 3. The van der Waals surface area contributed by atoms with E-state index in [0.29, 0.717) is 12.2 Å². The molecule has 0 atom stereocenters. The Balaban J connectivity index is 0.00000162. The summed E-state index contributed by atoms with van der Waals surface area (Å²) in [6.07, 6.45) is 1.83. The van der Waals surface area contributed by atoms with Crippen LogP contribution in [0.25, 0.3) is 0 Å². The van der Waals surface area contributed by atoms with Crippen LogP contribution in [0.4, 0.5) is 0 Å². The van der Waals surface area contributed by atoms with Gasteiger partial charge in [0.1, 0.15) is 5.69 Å². The first-order valence-corrected chi connectivity index (χ1v) is 6.89. The van der Waals surface area contributed by atoms with E-state index in [1.807, 2.05) is 12.3 Å². The van der Waals surface area contributed by atoms with Gasteiger partial charge in [-0.2, -0.15) is 0 Å². The number of halogens is 2. The summed E-state index contributed by atoms with van der Waals surface area (Å²) in [5.41, 5.74) is 0.634. The maximum absolute atomic E-state index is 11.7. The molecule has 3 N–H and O–H groups in total. The Morgan fingerprint density at radius 2 is 2.17 bits per heavy atom. The predicted molar refractivity (Wildman–Crippen MR) is 82.4 cm³/mol. The Hall–Kier alpha value is -0.310. The molecule has 18 heavy (non-hydrogen) atoms. The number of nitrogens with one attached hydrogen (secondary N) is 3. The van der Waals surface area contributed by atoms with Gasteiger partial charge in [0.2, 0.25) is 0 Å². The third kappa shape index (κ3) is 4.75. The minimum Gasteiger partial charge on any atom is -0.356 e. The van der Waals surface area contributed by atoms with Gasteiger partial charge in [0.05, 0.1) is 0 Å². The van der Waals surface area contributed by atoms with E-state index in [9.17, 15) is 4.79 Å². The maximum Gasteiger partial charge on any atom is 0.267 e. The van der Waals surface area contributed by atoms with Crippen molar-refractivity contribution in [1.29, 1.82) is 0 Å². The third-order valence-electron chi connectivity index (χ3n) is 2.82. The molecule has 0 aliphatic carbocycles. The fourth-order valence-electron chi connectivity index (χ4n) is 1.86. The first-order valence-electron chi connectivity index (χ1n) is 5.81. The Kier molecular flexibility index (Phi) is 6.98. The molecule has 2 rings (SSSR count). The highest BCUT2D eigenvalue weighted by Gasteiger charge is 2.10. The molecule has 1 aliphatic rings. The van der Waals surface area contributed by atoms with Gasteiger partial charge in [-0.25, -0.2) is 0 Å². The molecule has 2 heterocycles. The van der Waals surface area contributed by atoms with Crippen LogP contribution in [0.2, 0.25) is 0 Å². The Morgan fingerprint density at radius 1 is 1.44 bits per heavy atom. The van der Waals surface area contributed by atoms with Crippen molar-refractivity contribution in [2.75, 3.05) is 39.3 Å². The molecule has 0 spiro atoms. The summed E-state index contributed by atoms with van der Waals surface area (Å²) in [6, 6.07) is 1.85. The number of nitrogens with zero attached hydrogens (tertiary/aromatic N) is 1. The first kappa shape index (κ1) is 15.7. The highest BCUT2D eigenvalue weighted by atomic mass is 127. The van der Waals surface area contributed by atoms with E-state index in [1.165, 1.54) is 0 Å². The van der Waals surface area contributed by atoms with Crippen molar-refractivity contribution < 1.29 is 4.79 Å². The quantitative estimate of drug-likeness (QED) is 0.669. The number of aromatic nitrogens is 1. The molecule has 5 nitrogen and oxygen atoms in total. The van der Waals surface area contributed by atoms with Gasteiger partial charge in [-0.15, -0.1) is 12.4 Å². The number of aromatic amines is 1. The number of rotatable bonds is 4. The Labute approximate surface area is 127 Å². The molecule has 0 radical (unpaired) electrons. The molecular formula is C11H18ClIN4O. The van der Waals surface area contributed by atoms with E-state index >= 15 is 0 Å². The SMILES string of the molecule is Cl.O=C(NCCN1CCNCC1)c1cc(I)c[nH]1. The summed E-state index contributed by atoms with van der Waals surface area (Å²) < 4.78 is 1.05. The zero-order chi connectivity index (χ0) is 12.1. The van der Waals surface area contributed by atoms with E-state index in [4.69, 9.17) is 0 Å². The van der Waals surface area contributed by atoms with Gasteiger partial charge in [-0.3, -0.25) is 9.69 Å². The van der Waals surface area contributed by atoms with E-state index in [1.54, 1.807) is 0 Å². The minimum atomic E-state index is -0.0250. The van der Waals surface area contributed by atoms with E-state index in [2.05, 4.69) is 43.1 Å². The molecule has 0 saturated carbocycles. The Morgan fingerprint density at radius 3 is 2.78 bits per heavy atom. The third-order valence-corrected chi connectivity index (χ3v) is 3.44. The lowest BCUT2D eigenvalue weighted by Crippen LogP contribution is -2.46. The summed E-state index contributed by atoms with van der Waals surface area (Å²) in [6.45, 7) is 5.84. The smallest absolute Gasteiger partial charge is 0.267 e. The van der Waals surface area contributed by atoms with Crippen molar-refractivity contribution in [3.63, 3.8) is 0 Å². The van der Waals surface area contributed by atoms with Crippen molar-refractivity contribution in [3.05, 3.63) is 21.5 Å². The molecule has 1 saturated heterocycles. The highest BCUT2D eigenvalue weighted by molar-refractivity contribution is 14.1. The zero-order valence-corrected chi connectivity index (χ0v) is 13.0. The van der Waals surface area contributed by atoms with Crippen LogP contribution in [0.5, 0.6) is 0 Å². The normalized spacial score (nSPS) is 16.1. The standard InChI is InChI=1S/C11H17IN4O.ClH/c12-9-7-10(15-8-9)11(17)14-3-6-16-4-1-13-2-5-16;/h7-8,13,15H,1-6H2,(H,14,17);1H. The maximum atomic E-state index is 11.7. The molecule has 0 aromatic carbocycles. The average molecular weight is 385 g/mol. The Bertz CT molecular complexity index is 379. The largest absolute Gasteiger partial charge is 0.356 e. The van der Waals surface area contributed by atoms with Gasteiger partial charge in [-0.1, -0.05) is 0 Å². The zero-order valence-electron chi connectivity index (χ0n) is 10.0. The van der Waals surface area contributed by atoms with Gasteiger partial charge >= 0.3 is 0 Å². The molecule has 1 fully saturated rings. The fraction of sp³-hybridized carbons (Fsp3) is 0.545. The number of carbonyl (C=O) groups excluding carboxylic acids is 1. The van der Waals surface area contributed by atoms with Crippen LogP contribution in [0, 0.1) is 3.57 Å².